The standard InChI is InChI=1S/C31H29FN2O5S/c1-3-38-30(36)25-20(23-15-10-16-40-23)17-22-26(28(25)35)24(19-13-8-9-14-21(19)32)27(31(37)39-4-2)29(33)34(22)18-11-6-5-7-12-18/h5-16,20,24-25H,3-4,17,33H2,1-2H3/t20-,24-,25-/m0/s1. The van der Waals surface area contributed by atoms with Crippen LogP contribution in [0, 0.1) is 11.7 Å². The molecule has 2 aliphatic rings. The Labute approximate surface area is 235 Å². The molecule has 1 aliphatic carbocycles. The Hall–Kier alpha value is -4.24. The van der Waals surface area contributed by atoms with Crippen LogP contribution in [0.4, 0.5) is 10.1 Å². The van der Waals surface area contributed by atoms with Crippen LogP contribution in [0.25, 0.3) is 0 Å². The van der Waals surface area contributed by atoms with Gasteiger partial charge in [-0.05, 0) is 49.9 Å². The van der Waals surface area contributed by atoms with Gasteiger partial charge in [0.05, 0.1) is 24.7 Å². The van der Waals surface area contributed by atoms with Crippen LogP contribution in [0.2, 0.25) is 0 Å². The first-order chi connectivity index (χ1) is 19.4. The number of nitrogens with zero attached hydrogens (tertiary/aromatic N) is 1. The van der Waals surface area contributed by atoms with Gasteiger partial charge in [0, 0.05) is 33.3 Å². The molecule has 0 amide bonds. The lowest BCUT2D eigenvalue weighted by Gasteiger charge is -2.43. The molecular formula is C31H29FN2O5S. The average molecular weight is 561 g/mol. The second-order valence-electron chi connectivity index (χ2n) is 9.43. The third kappa shape index (κ3) is 4.70. The number of Topliss-reactive ketones (excluding diaryl/α,β-unsaturated/α-hetero) is 1. The topological polar surface area (TPSA) is 98.9 Å². The molecule has 7 nitrogen and oxygen atoms in total. The molecular weight excluding hydrogens is 531 g/mol. The lowest BCUT2D eigenvalue weighted by atomic mass is 9.68. The number of allylic oxidation sites excluding steroid dienone is 2. The number of para-hydroxylation sites is 1. The van der Waals surface area contributed by atoms with Crippen molar-refractivity contribution in [1.82, 2.24) is 0 Å². The fourth-order valence-corrected chi connectivity index (χ4v) is 6.47. The van der Waals surface area contributed by atoms with Gasteiger partial charge in [-0.3, -0.25) is 14.5 Å². The fourth-order valence-electron chi connectivity index (χ4n) is 5.60. The van der Waals surface area contributed by atoms with Crippen molar-refractivity contribution in [1.29, 1.82) is 0 Å². The van der Waals surface area contributed by atoms with Crippen molar-refractivity contribution in [2.24, 2.45) is 11.7 Å². The Bertz CT molecular complexity index is 1500. The molecule has 2 aromatic carbocycles. The molecule has 0 spiro atoms. The van der Waals surface area contributed by atoms with E-state index in [0.717, 1.165) is 4.88 Å². The molecule has 206 valence electrons. The number of thiophene rings is 1. The SMILES string of the molecule is CCOC(=O)C1=C(N)N(c2ccccc2)C2=C(C(=O)[C@@H](C(=O)OCC)[C@H](c3cccs3)C2)[C@@H]1c1ccccc1F. The minimum Gasteiger partial charge on any atom is -0.465 e. The number of esters is 2. The highest BCUT2D eigenvalue weighted by molar-refractivity contribution is 7.10. The van der Waals surface area contributed by atoms with Crippen molar-refractivity contribution in [2.45, 2.75) is 32.1 Å². The van der Waals surface area contributed by atoms with Crippen LogP contribution in [0.3, 0.4) is 0 Å². The second kappa shape index (κ2) is 11.5. The van der Waals surface area contributed by atoms with E-state index in [4.69, 9.17) is 15.2 Å². The average Bonchev–Trinajstić information content (AvgIpc) is 3.48. The zero-order chi connectivity index (χ0) is 28.4. The normalized spacial score (nSPS) is 20.8. The van der Waals surface area contributed by atoms with Crippen molar-refractivity contribution < 1.29 is 28.2 Å². The van der Waals surface area contributed by atoms with E-state index in [-0.39, 0.29) is 42.2 Å². The maximum Gasteiger partial charge on any atom is 0.338 e. The third-order valence-electron chi connectivity index (χ3n) is 7.21. The summed E-state index contributed by atoms with van der Waals surface area (Å²) in [5, 5.41) is 1.89. The summed E-state index contributed by atoms with van der Waals surface area (Å²) in [6.07, 6.45) is 0.238. The van der Waals surface area contributed by atoms with E-state index in [2.05, 4.69) is 0 Å². The number of carbonyl (C=O) groups is 3. The molecule has 3 atom stereocenters. The molecule has 0 bridgehead atoms. The molecule has 2 N–H and O–H groups in total. The Morgan fingerprint density at radius 1 is 1.00 bits per heavy atom. The van der Waals surface area contributed by atoms with Crippen LogP contribution < -0.4 is 10.6 Å². The van der Waals surface area contributed by atoms with Gasteiger partial charge in [0.25, 0.3) is 0 Å². The highest BCUT2D eigenvalue weighted by Gasteiger charge is 2.52. The van der Waals surface area contributed by atoms with Gasteiger partial charge in [-0.15, -0.1) is 11.3 Å². The zero-order valence-electron chi connectivity index (χ0n) is 22.1. The van der Waals surface area contributed by atoms with Crippen LogP contribution in [0.5, 0.6) is 0 Å². The number of hydrogen-bond acceptors (Lipinski definition) is 8. The summed E-state index contributed by atoms with van der Waals surface area (Å²) in [5.41, 5.74) is 8.08. The molecule has 1 aliphatic heterocycles. The quantitative estimate of drug-likeness (QED) is 0.305. The van der Waals surface area contributed by atoms with Gasteiger partial charge < -0.3 is 15.2 Å². The molecule has 0 saturated heterocycles. The number of ketones is 1. The minimum absolute atomic E-state index is 0.0453. The maximum absolute atomic E-state index is 15.5. The number of halogens is 1. The molecule has 9 heteroatoms. The van der Waals surface area contributed by atoms with Gasteiger partial charge in [-0.2, -0.15) is 0 Å². The Morgan fingerprint density at radius 3 is 2.35 bits per heavy atom. The molecule has 1 aromatic heterocycles. The van der Waals surface area contributed by atoms with Crippen molar-refractivity contribution >= 4 is 34.7 Å². The highest BCUT2D eigenvalue weighted by Crippen LogP contribution is 2.52. The lowest BCUT2D eigenvalue weighted by molar-refractivity contribution is -0.152. The summed E-state index contributed by atoms with van der Waals surface area (Å²) < 4.78 is 26.2. The van der Waals surface area contributed by atoms with E-state index in [0.29, 0.717) is 11.4 Å². The molecule has 40 heavy (non-hydrogen) atoms. The summed E-state index contributed by atoms with van der Waals surface area (Å²) >= 11 is 1.44. The van der Waals surface area contributed by atoms with Gasteiger partial charge in [-0.25, -0.2) is 9.18 Å². The number of benzene rings is 2. The van der Waals surface area contributed by atoms with Crippen LogP contribution >= 0.6 is 11.3 Å². The van der Waals surface area contributed by atoms with E-state index in [1.165, 1.54) is 29.5 Å². The number of nitrogens with two attached hydrogens (primary N) is 1. The summed E-state index contributed by atoms with van der Waals surface area (Å²) in [4.78, 5) is 43.9. The Kier molecular flexibility index (Phi) is 7.84. The Morgan fingerprint density at radius 2 is 1.70 bits per heavy atom. The first-order valence-electron chi connectivity index (χ1n) is 13.1. The lowest BCUT2D eigenvalue weighted by Crippen LogP contribution is -2.46. The Balaban J connectivity index is 1.82. The molecule has 0 unspecified atom stereocenters. The van der Waals surface area contributed by atoms with Crippen LogP contribution in [-0.2, 0) is 23.9 Å². The van der Waals surface area contributed by atoms with Crippen molar-refractivity contribution in [2.75, 3.05) is 18.1 Å². The largest absolute Gasteiger partial charge is 0.465 e. The summed E-state index contributed by atoms with van der Waals surface area (Å²) in [6, 6.07) is 18.8. The number of hydrogen-bond donors (Lipinski definition) is 1. The smallest absolute Gasteiger partial charge is 0.338 e. The monoisotopic (exact) mass is 560 g/mol. The van der Waals surface area contributed by atoms with Gasteiger partial charge >= 0.3 is 11.9 Å². The maximum atomic E-state index is 15.5. The van der Waals surface area contributed by atoms with Gasteiger partial charge in [0.2, 0.25) is 0 Å². The van der Waals surface area contributed by atoms with E-state index in [1.54, 1.807) is 24.8 Å². The van der Waals surface area contributed by atoms with E-state index < -0.39 is 41.3 Å². The predicted octanol–water partition coefficient (Wildman–Crippen LogP) is 5.41. The van der Waals surface area contributed by atoms with Gasteiger partial charge in [-0.1, -0.05) is 42.5 Å². The number of ether oxygens (including phenoxy) is 2. The number of rotatable bonds is 7. The van der Waals surface area contributed by atoms with Crippen LogP contribution in [0.1, 0.15) is 42.5 Å². The van der Waals surface area contributed by atoms with E-state index >= 15 is 4.39 Å². The molecule has 0 fully saturated rings. The first-order valence-corrected chi connectivity index (χ1v) is 14.0. The van der Waals surface area contributed by atoms with Crippen LogP contribution in [0.15, 0.2) is 94.8 Å². The van der Waals surface area contributed by atoms with Crippen molar-refractivity contribution in [3.63, 3.8) is 0 Å². The molecule has 2 heterocycles. The number of carbonyl (C=O) groups excluding carboxylic acids is 3. The van der Waals surface area contributed by atoms with Crippen molar-refractivity contribution in [3.8, 4) is 0 Å². The molecule has 3 aromatic rings. The summed E-state index contributed by atoms with van der Waals surface area (Å²) in [5.74, 6) is -5.39. The fraction of sp³-hybridized carbons (Fsp3) is 0.258. The second-order valence-corrected chi connectivity index (χ2v) is 10.4. The third-order valence-corrected chi connectivity index (χ3v) is 8.22. The molecule has 5 rings (SSSR count). The molecule has 0 radical (unpaired) electrons. The summed E-state index contributed by atoms with van der Waals surface area (Å²) in [6.45, 7) is 3.48. The van der Waals surface area contributed by atoms with Crippen molar-refractivity contribution in [3.05, 3.63) is 111 Å². The predicted molar refractivity (Wildman–Crippen MR) is 150 cm³/mol. The van der Waals surface area contributed by atoms with Gasteiger partial charge in [0.15, 0.2) is 5.78 Å². The van der Waals surface area contributed by atoms with E-state index in [9.17, 15) is 14.4 Å². The first kappa shape index (κ1) is 27.3. The zero-order valence-corrected chi connectivity index (χ0v) is 23.0. The van der Waals surface area contributed by atoms with Gasteiger partial charge in [0.1, 0.15) is 17.6 Å². The number of anilines is 1. The minimum atomic E-state index is -1.18. The van der Waals surface area contributed by atoms with E-state index in [1.807, 2.05) is 47.8 Å². The molecule has 0 saturated carbocycles. The van der Waals surface area contributed by atoms with Crippen LogP contribution in [-0.4, -0.2) is 30.9 Å². The summed E-state index contributed by atoms with van der Waals surface area (Å²) in [7, 11) is 0. The highest BCUT2D eigenvalue weighted by atomic mass is 32.1.